The first kappa shape index (κ1) is 19.4. The van der Waals surface area contributed by atoms with Crippen molar-refractivity contribution >= 4 is 5.82 Å². The summed E-state index contributed by atoms with van der Waals surface area (Å²) in [7, 11) is 0. The molecule has 0 atom stereocenters. The van der Waals surface area contributed by atoms with Crippen molar-refractivity contribution in [2.75, 3.05) is 5.73 Å². The second kappa shape index (κ2) is 7.61. The highest BCUT2D eigenvalue weighted by molar-refractivity contribution is 5.76. The predicted octanol–water partition coefficient (Wildman–Crippen LogP) is 3.14. The number of hydrogen-bond acceptors (Lipinski definition) is 7. The lowest BCUT2D eigenvalue weighted by atomic mass is 10.1. The summed E-state index contributed by atoms with van der Waals surface area (Å²) in [6.45, 7) is 1.63. The van der Waals surface area contributed by atoms with Gasteiger partial charge < -0.3 is 5.73 Å². The highest BCUT2D eigenvalue weighted by atomic mass is 19.2. The molecule has 5 rings (SSSR count). The van der Waals surface area contributed by atoms with Gasteiger partial charge in [-0.05, 0) is 47.2 Å². The number of nitrogens with two attached hydrogens (primary N) is 1. The fourth-order valence-electron chi connectivity index (χ4n) is 3.32. The Morgan fingerprint density at radius 1 is 1.00 bits per heavy atom. The summed E-state index contributed by atoms with van der Waals surface area (Å²) >= 11 is 0. The number of aryl methyl sites for hydroxylation is 1. The Balaban J connectivity index is 1.58. The molecular weight excluding hydrogens is 416 g/mol. The van der Waals surface area contributed by atoms with Crippen LogP contribution in [0.15, 0.2) is 61.4 Å². The van der Waals surface area contributed by atoms with Crippen LogP contribution in [0.3, 0.4) is 0 Å². The van der Waals surface area contributed by atoms with E-state index in [0.29, 0.717) is 22.5 Å². The highest BCUT2D eigenvalue weighted by Crippen LogP contribution is 2.31. The molecule has 0 aliphatic carbocycles. The molecule has 0 aliphatic heterocycles. The van der Waals surface area contributed by atoms with Crippen LogP contribution in [0.4, 0.5) is 14.6 Å². The zero-order valence-electron chi connectivity index (χ0n) is 16.7. The minimum atomic E-state index is -1.06. The van der Waals surface area contributed by atoms with Gasteiger partial charge in [-0.15, -0.1) is 5.10 Å². The Kier molecular flexibility index (Phi) is 4.62. The number of rotatable bonds is 4. The lowest BCUT2D eigenvalue weighted by Gasteiger charge is -2.11. The maximum absolute atomic E-state index is 14.6. The van der Waals surface area contributed by atoms with Crippen molar-refractivity contribution in [3.63, 3.8) is 0 Å². The number of hydrogen-bond donors (Lipinski definition) is 1. The Labute approximate surface area is 180 Å². The van der Waals surface area contributed by atoms with Crippen LogP contribution in [-0.2, 0) is 0 Å². The molecule has 2 N–H and O–H groups in total. The van der Waals surface area contributed by atoms with E-state index >= 15 is 0 Å². The van der Waals surface area contributed by atoms with Gasteiger partial charge >= 0.3 is 0 Å². The van der Waals surface area contributed by atoms with Crippen LogP contribution in [0.1, 0.15) is 5.56 Å². The largest absolute Gasteiger partial charge is 0.383 e. The first-order valence-corrected chi connectivity index (χ1v) is 9.47. The molecule has 0 radical (unpaired) electrons. The summed E-state index contributed by atoms with van der Waals surface area (Å²) < 4.78 is 31.3. The molecule has 0 bridgehead atoms. The van der Waals surface area contributed by atoms with E-state index in [-0.39, 0.29) is 17.3 Å². The summed E-state index contributed by atoms with van der Waals surface area (Å²) in [5.74, 6) is -1.08. The molecule has 11 heteroatoms. The van der Waals surface area contributed by atoms with Crippen LogP contribution in [-0.4, -0.2) is 39.7 Å². The molecule has 0 saturated carbocycles. The third-order valence-electron chi connectivity index (χ3n) is 4.96. The highest BCUT2D eigenvalue weighted by Gasteiger charge is 2.21. The van der Waals surface area contributed by atoms with E-state index in [1.807, 2.05) is 12.1 Å². The van der Waals surface area contributed by atoms with E-state index in [2.05, 4.69) is 30.5 Å². The molecule has 1 aromatic carbocycles. The normalized spacial score (nSPS) is 11.1. The molecule has 4 heterocycles. The third kappa shape index (κ3) is 3.25. The van der Waals surface area contributed by atoms with Gasteiger partial charge in [0, 0.05) is 35.9 Å². The molecule has 0 unspecified atom stereocenters. The molecule has 9 nitrogen and oxygen atoms in total. The first-order chi connectivity index (χ1) is 15.5. The fraction of sp³-hybridized carbons (Fsp3) is 0.0476. The quantitative estimate of drug-likeness (QED) is 0.465. The average Bonchev–Trinajstić information content (AvgIpc) is 3.50. The molecule has 5 aromatic rings. The van der Waals surface area contributed by atoms with Gasteiger partial charge in [0.1, 0.15) is 23.7 Å². The van der Waals surface area contributed by atoms with Gasteiger partial charge in [0.05, 0.1) is 5.56 Å². The van der Waals surface area contributed by atoms with E-state index in [1.165, 1.54) is 6.07 Å². The van der Waals surface area contributed by atoms with Gasteiger partial charge in [0.15, 0.2) is 17.5 Å². The Morgan fingerprint density at radius 2 is 1.84 bits per heavy atom. The van der Waals surface area contributed by atoms with Crippen LogP contribution in [0, 0.1) is 18.6 Å². The number of pyridine rings is 2. The first-order valence-electron chi connectivity index (χ1n) is 9.47. The van der Waals surface area contributed by atoms with Gasteiger partial charge in [-0.1, -0.05) is 6.07 Å². The molecule has 0 fully saturated rings. The number of halogens is 2. The van der Waals surface area contributed by atoms with E-state index in [4.69, 9.17) is 5.73 Å². The number of imidazole rings is 1. The van der Waals surface area contributed by atoms with Gasteiger partial charge in [-0.3, -0.25) is 4.57 Å². The topological polar surface area (TPSA) is 113 Å². The zero-order valence-corrected chi connectivity index (χ0v) is 16.7. The van der Waals surface area contributed by atoms with Crippen LogP contribution in [0.5, 0.6) is 0 Å². The molecule has 158 valence electrons. The van der Waals surface area contributed by atoms with Crippen molar-refractivity contribution in [2.24, 2.45) is 0 Å². The van der Waals surface area contributed by atoms with Crippen LogP contribution in [0.2, 0.25) is 0 Å². The van der Waals surface area contributed by atoms with E-state index < -0.39 is 11.6 Å². The van der Waals surface area contributed by atoms with Crippen LogP contribution in [0.25, 0.3) is 34.0 Å². The third-order valence-corrected chi connectivity index (χ3v) is 4.96. The number of benzene rings is 1. The summed E-state index contributed by atoms with van der Waals surface area (Å²) in [5.41, 5.74) is 8.29. The average molecular weight is 431 g/mol. The molecular formula is C21H15F2N9. The maximum atomic E-state index is 14.6. The number of aromatic nitrogens is 8. The maximum Gasteiger partial charge on any atom is 0.190 e. The van der Waals surface area contributed by atoms with E-state index in [1.54, 1.807) is 48.7 Å². The van der Waals surface area contributed by atoms with E-state index in [0.717, 1.165) is 16.3 Å². The van der Waals surface area contributed by atoms with Crippen LogP contribution >= 0.6 is 0 Å². The monoisotopic (exact) mass is 431 g/mol. The second-order valence-corrected chi connectivity index (χ2v) is 6.97. The summed E-state index contributed by atoms with van der Waals surface area (Å²) in [5, 5.41) is 11.5. The van der Waals surface area contributed by atoms with Crippen molar-refractivity contribution in [2.45, 2.75) is 6.92 Å². The molecule has 0 aliphatic rings. The summed E-state index contributed by atoms with van der Waals surface area (Å²) in [6.07, 6.45) is 8.39. The standard InChI is InChI=1S/C21H15F2N9/c1-12-2-4-16(22)18(23)19(12)32-21(28-29-30-32)15-8-14(10-27-20(15)24)13-3-5-17(26-9-13)31-7-6-25-11-31/h2-11H,1H3,(H2,24,27). The van der Waals surface area contributed by atoms with Crippen molar-refractivity contribution in [3.8, 4) is 34.0 Å². The molecule has 4 aromatic heterocycles. The van der Waals surface area contributed by atoms with Gasteiger partial charge in [-0.25, -0.2) is 23.7 Å². The van der Waals surface area contributed by atoms with Gasteiger partial charge in [0.25, 0.3) is 0 Å². The Bertz CT molecular complexity index is 1410. The fourth-order valence-corrected chi connectivity index (χ4v) is 3.32. The smallest absolute Gasteiger partial charge is 0.190 e. The van der Waals surface area contributed by atoms with Crippen molar-refractivity contribution in [3.05, 3.63) is 78.6 Å². The molecule has 32 heavy (non-hydrogen) atoms. The SMILES string of the molecule is Cc1ccc(F)c(F)c1-n1nnnc1-c1cc(-c2ccc(-n3ccnc3)nc2)cnc1N. The number of nitrogen functional groups attached to an aromatic ring is 1. The lowest BCUT2D eigenvalue weighted by molar-refractivity contribution is 0.499. The zero-order chi connectivity index (χ0) is 22.2. The minimum absolute atomic E-state index is 0.0962. The molecule has 0 spiro atoms. The Hall–Kier alpha value is -4.54. The van der Waals surface area contributed by atoms with E-state index in [9.17, 15) is 8.78 Å². The Morgan fingerprint density at radius 3 is 2.59 bits per heavy atom. The molecule has 0 saturated heterocycles. The van der Waals surface area contributed by atoms with Gasteiger partial charge in [-0.2, -0.15) is 4.68 Å². The molecule has 0 amide bonds. The summed E-state index contributed by atoms with van der Waals surface area (Å²) in [6, 6.07) is 7.94. The van der Waals surface area contributed by atoms with Gasteiger partial charge in [0.2, 0.25) is 0 Å². The van der Waals surface area contributed by atoms with Crippen molar-refractivity contribution < 1.29 is 8.78 Å². The predicted molar refractivity (Wildman–Crippen MR) is 112 cm³/mol. The summed E-state index contributed by atoms with van der Waals surface area (Å²) in [4.78, 5) is 12.7. The second-order valence-electron chi connectivity index (χ2n) is 6.97. The minimum Gasteiger partial charge on any atom is -0.383 e. The lowest BCUT2D eigenvalue weighted by Crippen LogP contribution is -2.08. The van der Waals surface area contributed by atoms with Crippen LogP contribution < -0.4 is 5.73 Å². The van der Waals surface area contributed by atoms with Crippen molar-refractivity contribution in [1.29, 1.82) is 0 Å². The van der Waals surface area contributed by atoms with Crippen molar-refractivity contribution in [1.82, 2.24) is 39.7 Å². The number of nitrogens with zero attached hydrogens (tertiary/aromatic N) is 8. The number of anilines is 1. The number of tetrazole rings is 1.